The first-order valence-electron chi connectivity index (χ1n) is 11.5. The van der Waals surface area contributed by atoms with Crippen LogP contribution in [0.5, 0.6) is 0 Å². The highest BCUT2D eigenvalue weighted by atomic mass is 32.1. The predicted octanol–water partition coefficient (Wildman–Crippen LogP) is 4.52. The number of aliphatic carboxylic acids is 1. The van der Waals surface area contributed by atoms with Gasteiger partial charge in [0, 0.05) is 10.9 Å². The number of hydrogen-bond donors (Lipinski definition) is 3. The Kier molecular flexibility index (Phi) is 6.76. The maximum absolute atomic E-state index is 13.2. The fourth-order valence-electron chi connectivity index (χ4n) is 5.34. The summed E-state index contributed by atoms with van der Waals surface area (Å²) in [6.07, 6.45) is 12.4. The Balaban J connectivity index is 1.56. The zero-order chi connectivity index (χ0) is 21.1. The molecule has 1 aromatic heterocycles. The van der Waals surface area contributed by atoms with Crippen LogP contribution in [0.15, 0.2) is 0 Å². The van der Waals surface area contributed by atoms with E-state index >= 15 is 0 Å². The molecule has 3 aliphatic rings. The molecule has 3 N–H and O–H groups in total. The van der Waals surface area contributed by atoms with Gasteiger partial charge in [0.25, 0.3) is 5.91 Å². The molecular formula is C23H32N2O4S. The molecule has 2 amide bonds. The van der Waals surface area contributed by atoms with Gasteiger partial charge in [-0.1, -0.05) is 32.1 Å². The van der Waals surface area contributed by atoms with Crippen LogP contribution >= 0.6 is 11.3 Å². The zero-order valence-electron chi connectivity index (χ0n) is 17.5. The molecule has 2 atom stereocenters. The number of aryl methyl sites for hydroxylation is 1. The highest BCUT2D eigenvalue weighted by molar-refractivity contribution is 7.17. The minimum atomic E-state index is -0.893. The van der Waals surface area contributed by atoms with E-state index < -0.39 is 17.8 Å². The van der Waals surface area contributed by atoms with Crippen molar-refractivity contribution in [2.75, 3.05) is 5.32 Å². The van der Waals surface area contributed by atoms with Crippen molar-refractivity contribution >= 4 is 34.1 Å². The Bertz CT molecular complexity index is 812. The molecule has 30 heavy (non-hydrogen) atoms. The van der Waals surface area contributed by atoms with Crippen LogP contribution in [0.25, 0.3) is 0 Å². The molecule has 0 spiro atoms. The van der Waals surface area contributed by atoms with Gasteiger partial charge in [0.15, 0.2) is 0 Å². The van der Waals surface area contributed by atoms with Crippen LogP contribution in [-0.4, -0.2) is 28.9 Å². The molecule has 0 unspecified atom stereocenters. The Morgan fingerprint density at radius 3 is 2.23 bits per heavy atom. The van der Waals surface area contributed by atoms with Crippen molar-refractivity contribution in [2.45, 2.75) is 89.5 Å². The van der Waals surface area contributed by atoms with Crippen LogP contribution in [-0.2, 0) is 22.4 Å². The summed E-state index contributed by atoms with van der Waals surface area (Å²) in [5.74, 6) is -2.37. The standard InChI is InChI=1S/C23H32N2O4S/c26-20(15-10-4-5-11-16(15)23(28)29)25-22-19(17-12-6-7-13-18(17)30-22)21(27)24-14-8-2-1-3-9-14/h14-16H,1-13H2,(H,24,27)(H,25,26)(H,28,29)/t15-,16+/m0/s1. The number of nitrogens with one attached hydrogen (secondary N) is 2. The lowest BCUT2D eigenvalue weighted by atomic mass is 9.78. The molecule has 1 aromatic rings. The molecule has 2 fully saturated rings. The summed E-state index contributed by atoms with van der Waals surface area (Å²) in [6, 6.07) is 0.212. The second-order valence-electron chi connectivity index (χ2n) is 9.05. The molecule has 2 saturated carbocycles. The molecule has 164 valence electrons. The van der Waals surface area contributed by atoms with Gasteiger partial charge < -0.3 is 15.7 Å². The molecule has 0 saturated heterocycles. The molecule has 7 heteroatoms. The van der Waals surface area contributed by atoms with Crippen LogP contribution < -0.4 is 10.6 Å². The van der Waals surface area contributed by atoms with Crippen molar-refractivity contribution < 1.29 is 19.5 Å². The van der Waals surface area contributed by atoms with E-state index in [-0.39, 0.29) is 17.9 Å². The summed E-state index contributed by atoms with van der Waals surface area (Å²) in [5, 5.41) is 16.4. The van der Waals surface area contributed by atoms with Crippen molar-refractivity contribution in [1.29, 1.82) is 0 Å². The van der Waals surface area contributed by atoms with E-state index in [0.29, 0.717) is 23.4 Å². The smallest absolute Gasteiger partial charge is 0.307 e. The monoisotopic (exact) mass is 432 g/mol. The van der Waals surface area contributed by atoms with Gasteiger partial charge in [-0.25, -0.2) is 0 Å². The predicted molar refractivity (Wildman–Crippen MR) is 117 cm³/mol. The maximum Gasteiger partial charge on any atom is 0.307 e. The van der Waals surface area contributed by atoms with Gasteiger partial charge in [-0.2, -0.15) is 0 Å². The summed E-state index contributed by atoms with van der Waals surface area (Å²) >= 11 is 1.51. The van der Waals surface area contributed by atoms with Crippen molar-refractivity contribution in [2.24, 2.45) is 11.8 Å². The van der Waals surface area contributed by atoms with Crippen molar-refractivity contribution in [3.05, 3.63) is 16.0 Å². The van der Waals surface area contributed by atoms with E-state index in [4.69, 9.17) is 0 Å². The first kappa shape index (κ1) is 21.3. The van der Waals surface area contributed by atoms with Gasteiger partial charge in [0.2, 0.25) is 5.91 Å². The van der Waals surface area contributed by atoms with Gasteiger partial charge in [-0.05, 0) is 56.9 Å². The quantitative estimate of drug-likeness (QED) is 0.637. The van der Waals surface area contributed by atoms with Crippen LogP contribution in [0.3, 0.4) is 0 Å². The second kappa shape index (κ2) is 9.50. The van der Waals surface area contributed by atoms with E-state index in [1.165, 1.54) is 22.6 Å². The van der Waals surface area contributed by atoms with Gasteiger partial charge >= 0.3 is 5.97 Å². The molecule has 0 bridgehead atoms. The average Bonchev–Trinajstić information content (AvgIpc) is 3.12. The molecule has 3 aliphatic carbocycles. The van der Waals surface area contributed by atoms with Crippen molar-refractivity contribution in [3.63, 3.8) is 0 Å². The van der Waals surface area contributed by atoms with E-state index in [0.717, 1.165) is 69.8 Å². The second-order valence-corrected chi connectivity index (χ2v) is 10.2. The van der Waals surface area contributed by atoms with Crippen LogP contribution in [0.1, 0.15) is 91.4 Å². The van der Waals surface area contributed by atoms with E-state index in [1.54, 1.807) is 0 Å². The zero-order valence-corrected chi connectivity index (χ0v) is 18.3. The average molecular weight is 433 g/mol. The molecule has 4 rings (SSSR count). The lowest BCUT2D eigenvalue weighted by Crippen LogP contribution is -2.38. The lowest BCUT2D eigenvalue weighted by Gasteiger charge is -2.27. The first-order valence-corrected chi connectivity index (χ1v) is 12.4. The maximum atomic E-state index is 13.2. The Labute approximate surface area is 181 Å². The third-order valence-electron chi connectivity index (χ3n) is 7.00. The minimum absolute atomic E-state index is 0.0740. The number of fused-ring (bicyclic) bond motifs is 1. The molecule has 0 radical (unpaired) electrons. The van der Waals surface area contributed by atoms with E-state index in [1.807, 2.05) is 0 Å². The third kappa shape index (κ3) is 4.56. The van der Waals surface area contributed by atoms with Crippen LogP contribution in [0.2, 0.25) is 0 Å². The van der Waals surface area contributed by atoms with E-state index in [2.05, 4.69) is 10.6 Å². The number of amides is 2. The van der Waals surface area contributed by atoms with Gasteiger partial charge in [-0.15, -0.1) is 11.3 Å². The summed E-state index contributed by atoms with van der Waals surface area (Å²) < 4.78 is 0. The topological polar surface area (TPSA) is 95.5 Å². The fourth-order valence-corrected chi connectivity index (χ4v) is 6.63. The summed E-state index contributed by atoms with van der Waals surface area (Å²) in [4.78, 5) is 39.1. The molecule has 0 aliphatic heterocycles. The number of rotatable bonds is 5. The Morgan fingerprint density at radius 1 is 0.833 bits per heavy atom. The fraction of sp³-hybridized carbons (Fsp3) is 0.696. The summed E-state index contributed by atoms with van der Waals surface area (Å²) in [7, 11) is 0. The number of carboxylic acid groups (broad SMARTS) is 1. The molecular weight excluding hydrogens is 400 g/mol. The highest BCUT2D eigenvalue weighted by Gasteiger charge is 2.37. The van der Waals surface area contributed by atoms with Crippen molar-refractivity contribution in [3.8, 4) is 0 Å². The Hall–Kier alpha value is -1.89. The van der Waals surface area contributed by atoms with Gasteiger partial charge in [-0.3, -0.25) is 14.4 Å². The lowest BCUT2D eigenvalue weighted by molar-refractivity contribution is -0.147. The molecule has 1 heterocycles. The number of thiophene rings is 1. The third-order valence-corrected chi connectivity index (χ3v) is 8.20. The first-order chi connectivity index (χ1) is 14.5. The number of carbonyl (C=O) groups excluding carboxylic acids is 2. The van der Waals surface area contributed by atoms with Crippen LogP contribution in [0.4, 0.5) is 5.00 Å². The highest BCUT2D eigenvalue weighted by Crippen LogP contribution is 2.39. The number of anilines is 1. The summed E-state index contributed by atoms with van der Waals surface area (Å²) in [5.41, 5.74) is 1.73. The van der Waals surface area contributed by atoms with Crippen LogP contribution in [0, 0.1) is 11.8 Å². The minimum Gasteiger partial charge on any atom is -0.481 e. The Morgan fingerprint density at radius 2 is 1.50 bits per heavy atom. The van der Waals surface area contributed by atoms with Gasteiger partial charge in [0.05, 0.1) is 17.4 Å². The number of hydrogen-bond acceptors (Lipinski definition) is 4. The largest absolute Gasteiger partial charge is 0.481 e. The van der Waals surface area contributed by atoms with Gasteiger partial charge in [0.1, 0.15) is 5.00 Å². The SMILES string of the molecule is O=C(NC1CCCCC1)c1c(NC(=O)[C@H]2CCCC[C@H]2C(=O)O)sc2c1CCCC2. The van der Waals surface area contributed by atoms with E-state index in [9.17, 15) is 19.5 Å². The number of carboxylic acids is 1. The summed E-state index contributed by atoms with van der Waals surface area (Å²) in [6.45, 7) is 0. The normalized spacial score (nSPS) is 24.7. The molecule has 0 aromatic carbocycles. The number of carbonyl (C=O) groups is 3. The molecule has 6 nitrogen and oxygen atoms in total. The van der Waals surface area contributed by atoms with Crippen molar-refractivity contribution in [1.82, 2.24) is 5.32 Å².